The van der Waals surface area contributed by atoms with Crippen molar-refractivity contribution in [2.24, 2.45) is 0 Å². The molecule has 2 amide bonds. The zero-order valence-corrected chi connectivity index (χ0v) is 24.4. The molecule has 208 valence electrons. The number of carbonyl (C=O) groups excluding carboxylic acids is 2. The first kappa shape index (κ1) is 30.2. The number of carbonyl (C=O) groups is 2. The minimum absolute atomic E-state index is 0.0494. The van der Waals surface area contributed by atoms with E-state index in [1.807, 2.05) is 51.1 Å². The summed E-state index contributed by atoms with van der Waals surface area (Å²) in [5, 5.41) is 3.32. The number of anilines is 1. The second-order valence-corrected chi connectivity index (χ2v) is 11.8. The van der Waals surface area contributed by atoms with Crippen molar-refractivity contribution in [2.75, 3.05) is 10.8 Å². The first-order valence-electron chi connectivity index (χ1n) is 13.1. The summed E-state index contributed by atoms with van der Waals surface area (Å²) in [5.74, 6) is -0.767. The predicted molar refractivity (Wildman–Crippen MR) is 156 cm³/mol. The molecule has 9 heteroatoms. The van der Waals surface area contributed by atoms with Crippen molar-refractivity contribution in [3.05, 3.63) is 95.0 Å². The Kier molecular flexibility index (Phi) is 10.5. The van der Waals surface area contributed by atoms with E-state index in [1.165, 1.54) is 17.0 Å². The second kappa shape index (κ2) is 13.6. The first-order chi connectivity index (χ1) is 18.6. The van der Waals surface area contributed by atoms with Crippen LogP contribution < -0.4 is 9.62 Å². The van der Waals surface area contributed by atoms with Crippen LogP contribution in [-0.2, 0) is 26.2 Å². The summed E-state index contributed by atoms with van der Waals surface area (Å²) in [6, 6.07) is 21.4. The summed E-state index contributed by atoms with van der Waals surface area (Å²) in [4.78, 5) is 28.9. The van der Waals surface area contributed by atoms with Crippen molar-refractivity contribution in [3.63, 3.8) is 0 Å². The summed E-state index contributed by atoms with van der Waals surface area (Å²) in [5.41, 5.74) is 1.77. The molecule has 0 unspecified atom stereocenters. The van der Waals surface area contributed by atoms with Gasteiger partial charge in [0.25, 0.3) is 10.0 Å². The van der Waals surface area contributed by atoms with Crippen LogP contribution in [0.3, 0.4) is 0 Å². The molecule has 3 rings (SSSR count). The molecule has 0 aliphatic carbocycles. The molecule has 0 radical (unpaired) electrons. The number of hydrogen-bond acceptors (Lipinski definition) is 4. The van der Waals surface area contributed by atoms with Crippen molar-refractivity contribution in [1.82, 2.24) is 10.2 Å². The molecule has 0 spiro atoms. The van der Waals surface area contributed by atoms with E-state index in [9.17, 15) is 18.0 Å². The Morgan fingerprint density at radius 1 is 0.923 bits per heavy atom. The summed E-state index contributed by atoms with van der Waals surface area (Å²) in [7, 11) is -4.14. The lowest BCUT2D eigenvalue weighted by molar-refractivity contribution is -0.140. The molecule has 0 saturated heterocycles. The van der Waals surface area contributed by atoms with Gasteiger partial charge in [-0.2, -0.15) is 0 Å². The Bertz CT molecular complexity index is 1370. The maximum absolute atomic E-state index is 14.1. The van der Waals surface area contributed by atoms with Crippen molar-refractivity contribution in [2.45, 2.75) is 64.1 Å². The molecule has 0 saturated carbocycles. The number of nitrogens with zero attached hydrogens (tertiary/aromatic N) is 2. The Balaban J connectivity index is 2.07. The van der Waals surface area contributed by atoms with Gasteiger partial charge < -0.3 is 10.2 Å². The Morgan fingerprint density at radius 3 is 2.13 bits per heavy atom. The third-order valence-electron chi connectivity index (χ3n) is 6.63. The van der Waals surface area contributed by atoms with Crippen molar-refractivity contribution >= 4 is 39.1 Å². The average molecular weight is 570 g/mol. The lowest BCUT2D eigenvalue weighted by Crippen LogP contribution is -2.53. The van der Waals surface area contributed by atoms with Crippen LogP contribution in [0.15, 0.2) is 83.8 Å². The van der Waals surface area contributed by atoms with Gasteiger partial charge in [-0.05, 0) is 62.1 Å². The van der Waals surface area contributed by atoms with Crippen molar-refractivity contribution < 1.29 is 18.0 Å². The van der Waals surface area contributed by atoms with Crippen LogP contribution in [0.2, 0.25) is 5.02 Å². The van der Waals surface area contributed by atoms with Gasteiger partial charge in [-0.15, -0.1) is 0 Å². The molecule has 0 aliphatic heterocycles. The molecule has 0 aromatic heterocycles. The van der Waals surface area contributed by atoms with E-state index >= 15 is 0 Å². The molecule has 2 atom stereocenters. The number of rotatable bonds is 12. The van der Waals surface area contributed by atoms with Gasteiger partial charge in [-0.25, -0.2) is 8.42 Å². The number of aryl methyl sites for hydroxylation is 1. The normalized spacial score (nSPS) is 12.8. The highest BCUT2D eigenvalue weighted by Gasteiger charge is 2.34. The molecule has 0 fully saturated rings. The van der Waals surface area contributed by atoms with Gasteiger partial charge >= 0.3 is 0 Å². The Hall–Kier alpha value is -3.36. The van der Waals surface area contributed by atoms with Crippen LogP contribution in [0.5, 0.6) is 0 Å². The van der Waals surface area contributed by atoms with E-state index in [0.717, 1.165) is 16.3 Å². The minimum atomic E-state index is -4.14. The van der Waals surface area contributed by atoms with Crippen LogP contribution in [0.4, 0.5) is 5.69 Å². The summed E-state index contributed by atoms with van der Waals surface area (Å²) < 4.78 is 28.9. The zero-order chi connectivity index (χ0) is 28.6. The molecule has 1 N–H and O–H groups in total. The number of sulfonamides is 1. The number of amides is 2. The quantitative estimate of drug-likeness (QED) is 0.309. The largest absolute Gasteiger partial charge is 0.352 e. The highest BCUT2D eigenvalue weighted by molar-refractivity contribution is 7.92. The predicted octanol–water partition coefficient (Wildman–Crippen LogP) is 5.57. The number of halogens is 1. The summed E-state index contributed by atoms with van der Waals surface area (Å²) in [6.07, 6.45) is 1.11. The zero-order valence-electron chi connectivity index (χ0n) is 22.8. The minimum Gasteiger partial charge on any atom is -0.352 e. The molecule has 3 aromatic rings. The van der Waals surface area contributed by atoms with Gasteiger partial charge in [0.2, 0.25) is 11.8 Å². The smallest absolute Gasteiger partial charge is 0.264 e. The van der Waals surface area contributed by atoms with E-state index < -0.39 is 28.5 Å². The third-order valence-corrected chi connectivity index (χ3v) is 8.64. The van der Waals surface area contributed by atoms with Crippen LogP contribution in [-0.4, -0.2) is 43.8 Å². The molecular formula is C30H36ClN3O4S. The SMILES string of the molecule is CC[C@@H](C)NC(=O)[C@H](CC)N(Cc1ccccc1)C(=O)CN(c1cc(Cl)ccc1C)S(=O)(=O)c1ccccc1. The second-order valence-electron chi connectivity index (χ2n) is 9.50. The van der Waals surface area contributed by atoms with Crippen LogP contribution in [0.25, 0.3) is 0 Å². The molecule has 39 heavy (non-hydrogen) atoms. The van der Waals surface area contributed by atoms with Gasteiger partial charge in [0, 0.05) is 17.6 Å². The fourth-order valence-electron chi connectivity index (χ4n) is 4.22. The van der Waals surface area contributed by atoms with Gasteiger partial charge in [0.05, 0.1) is 10.6 Å². The molecule has 3 aromatic carbocycles. The standard InChI is InChI=1S/C30H36ClN3O4S/c1-5-23(4)32-30(36)27(6-2)33(20-24-13-9-7-10-14-24)29(35)21-34(28-19-25(31)18-17-22(28)3)39(37,38)26-15-11-8-12-16-26/h7-19,23,27H,5-6,20-21H2,1-4H3,(H,32,36)/t23-,27+/m1/s1. The van der Waals surface area contributed by atoms with Crippen molar-refractivity contribution in [1.29, 1.82) is 0 Å². The molecule has 0 heterocycles. The average Bonchev–Trinajstić information content (AvgIpc) is 2.93. The lowest BCUT2D eigenvalue weighted by Gasteiger charge is -2.34. The summed E-state index contributed by atoms with van der Waals surface area (Å²) in [6.45, 7) is 7.13. The van der Waals surface area contributed by atoms with Crippen LogP contribution >= 0.6 is 11.6 Å². The van der Waals surface area contributed by atoms with E-state index in [4.69, 9.17) is 11.6 Å². The molecular weight excluding hydrogens is 534 g/mol. The monoisotopic (exact) mass is 569 g/mol. The van der Waals surface area contributed by atoms with Gasteiger partial charge in [-0.1, -0.05) is 80.0 Å². The molecule has 7 nitrogen and oxygen atoms in total. The topological polar surface area (TPSA) is 86.8 Å². The Labute approximate surface area is 236 Å². The Morgan fingerprint density at radius 2 is 1.54 bits per heavy atom. The first-order valence-corrected chi connectivity index (χ1v) is 14.9. The van der Waals surface area contributed by atoms with E-state index in [0.29, 0.717) is 22.7 Å². The van der Waals surface area contributed by atoms with E-state index in [-0.39, 0.29) is 23.4 Å². The maximum atomic E-state index is 14.1. The number of hydrogen-bond donors (Lipinski definition) is 1. The number of nitrogens with one attached hydrogen (secondary N) is 1. The maximum Gasteiger partial charge on any atom is 0.264 e. The van der Waals surface area contributed by atoms with Gasteiger partial charge in [0.15, 0.2) is 0 Å². The third kappa shape index (κ3) is 7.61. The van der Waals surface area contributed by atoms with E-state index in [1.54, 1.807) is 43.3 Å². The van der Waals surface area contributed by atoms with Gasteiger partial charge in [-0.3, -0.25) is 13.9 Å². The fourth-order valence-corrected chi connectivity index (χ4v) is 5.88. The van der Waals surface area contributed by atoms with Crippen LogP contribution in [0, 0.1) is 6.92 Å². The number of benzene rings is 3. The highest BCUT2D eigenvalue weighted by Crippen LogP contribution is 2.30. The molecule has 0 bridgehead atoms. The van der Waals surface area contributed by atoms with Crippen molar-refractivity contribution in [3.8, 4) is 0 Å². The highest BCUT2D eigenvalue weighted by atomic mass is 35.5. The van der Waals surface area contributed by atoms with Gasteiger partial charge in [0.1, 0.15) is 12.6 Å². The van der Waals surface area contributed by atoms with Crippen LogP contribution in [0.1, 0.15) is 44.7 Å². The fraction of sp³-hybridized carbons (Fsp3) is 0.333. The lowest BCUT2D eigenvalue weighted by atomic mass is 10.1. The molecule has 0 aliphatic rings. The summed E-state index contributed by atoms with van der Waals surface area (Å²) >= 11 is 6.27. The van der Waals surface area contributed by atoms with E-state index in [2.05, 4.69) is 5.32 Å².